The summed E-state index contributed by atoms with van der Waals surface area (Å²) in [7, 11) is 1.95. The lowest BCUT2D eigenvalue weighted by Gasteiger charge is -2.17. The number of nitrogens with zero attached hydrogens (tertiary/aromatic N) is 2. The van der Waals surface area contributed by atoms with Crippen LogP contribution in [0.5, 0.6) is 5.75 Å². The summed E-state index contributed by atoms with van der Waals surface area (Å²) in [4.78, 5) is 15.8. The van der Waals surface area contributed by atoms with Gasteiger partial charge in [-0.05, 0) is 49.8 Å². The molecular weight excluding hydrogens is 387 g/mol. The van der Waals surface area contributed by atoms with E-state index in [-0.39, 0.29) is 25.1 Å². The Bertz CT molecular complexity index is 770. The number of aldehydes is 1. The smallest absolute Gasteiger partial charge is 0.419 e. The highest BCUT2D eigenvalue weighted by molar-refractivity contribution is 5.51. The fourth-order valence-electron chi connectivity index (χ4n) is 2.82. The Morgan fingerprint density at radius 1 is 1.31 bits per heavy atom. The number of hydrogen-bond donors (Lipinski definition) is 2. The van der Waals surface area contributed by atoms with E-state index in [1.54, 1.807) is 24.3 Å². The molecule has 0 amide bonds. The number of aromatic nitrogens is 1. The Labute approximate surface area is 167 Å². The Morgan fingerprint density at radius 3 is 2.59 bits per heavy atom. The van der Waals surface area contributed by atoms with E-state index in [4.69, 9.17) is 9.84 Å². The van der Waals surface area contributed by atoms with E-state index in [0.29, 0.717) is 12.0 Å². The van der Waals surface area contributed by atoms with Crippen molar-refractivity contribution in [2.75, 3.05) is 32.1 Å². The highest BCUT2D eigenvalue weighted by Gasteiger charge is 2.35. The summed E-state index contributed by atoms with van der Waals surface area (Å²) < 4.78 is 43.1. The second kappa shape index (κ2) is 10.8. The molecule has 0 aliphatic carbocycles. The topological polar surface area (TPSA) is 74.7 Å². The van der Waals surface area contributed by atoms with Gasteiger partial charge < -0.3 is 20.1 Å². The van der Waals surface area contributed by atoms with Crippen LogP contribution in [0.4, 0.5) is 19.0 Å². The van der Waals surface area contributed by atoms with Crippen LogP contribution in [-0.2, 0) is 17.6 Å². The molecule has 0 saturated carbocycles. The third-order valence-corrected chi connectivity index (χ3v) is 4.27. The number of anilines is 1. The number of hydrogen-bond acceptors (Lipinski definition) is 6. The van der Waals surface area contributed by atoms with Crippen LogP contribution in [0.3, 0.4) is 0 Å². The molecule has 1 aromatic carbocycles. The van der Waals surface area contributed by atoms with Crippen LogP contribution in [0, 0.1) is 0 Å². The normalized spacial score (nSPS) is 16.7. The first-order valence-electron chi connectivity index (χ1n) is 9.07. The molecule has 1 aliphatic rings. The van der Waals surface area contributed by atoms with Gasteiger partial charge in [-0.1, -0.05) is 12.1 Å². The molecule has 9 heteroatoms. The fraction of sp³-hybridized carbons (Fsp3) is 0.400. The maximum Gasteiger partial charge on any atom is 0.419 e. The number of benzene rings is 1. The number of carbonyl (C=O) groups is 1. The Morgan fingerprint density at radius 2 is 2.03 bits per heavy atom. The predicted octanol–water partition coefficient (Wildman–Crippen LogP) is 2.97. The summed E-state index contributed by atoms with van der Waals surface area (Å²) in [6.45, 7) is 1.73. The molecule has 0 radical (unpaired) electrons. The van der Waals surface area contributed by atoms with Crippen molar-refractivity contribution in [2.45, 2.75) is 25.2 Å². The van der Waals surface area contributed by atoms with Crippen LogP contribution in [0.1, 0.15) is 17.5 Å². The van der Waals surface area contributed by atoms with E-state index in [1.165, 1.54) is 12.3 Å². The number of pyridine rings is 1. The van der Waals surface area contributed by atoms with Gasteiger partial charge in [-0.25, -0.2) is 4.98 Å². The molecule has 0 bridgehead atoms. The number of alkyl halides is 3. The molecule has 1 aliphatic heterocycles. The standard InChI is InChI=1S/C11H14F3N3.C9H10O3/c1-17-6-4-8(7-17)16-10-9(11(12,13)14)3-2-5-15-10;10-5-6-12-9-3-1-8(7-11)2-4-9/h2-3,5,8H,4,6-7H2,1H3,(H,15,16);1-5,11H,6-7H2. The minimum Gasteiger partial charge on any atom is -0.486 e. The van der Waals surface area contributed by atoms with Crippen molar-refractivity contribution in [1.82, 2.24) is 9.88 Å². The molecule has 6 nitrogen and oxygen atoms in total. The quantitative estimate of drug-likeness (QED) is 0.712. The molecule has 158 valence electrons. The third kappa shape index (κ3) is 7.35. The number of carbonyl (C=O) groups excluding carboxylic acids is 1. The summed E-state index contributed by atoms with van der Waals surface area (Å²) in [5, 5.41) is 11.6. The van der Waals surface area contributed by atoms with Crippen LogP contribution >= 0.6 is 0 Å². The third-order valence-electron chi connectivity index (χ3n) is 4.27. The highest BCUT2D eigenvalue weighted by atomic mass is 19.4. The molecule has 1 saturated heterocycles. The zero-order valence-corrected chi connectivity index (χ0v) is 16.0. The Hall–Kier alpha value is -2.65. The molecule has 0 spiro atoms. The van der Waals surface area contributed by atoms with Gasteiger partial charge in [0.15, 0.2) is 6.29 Å². The van der Waals surface area contributed by atoms with Crippen LogP contribution < -0.4 is 10.1 Å². The van der Waals surface area contributed by atoms with Crippen molar-refractivity contribution < 1.29 is 27.8 Å². The van der Waals surface area contributed by atoms with E-state index in [2.05, 4.69) is 15.2 Å². The van der Waals surface area contributed by atoms with Gasteiger partial charge in [-0.15, -0.1) is 0 Å². The van der Waals surface area contributed by atoms with Crippen LogP contribution in [0.25, 0.3) is 0 Å². The molecule has 1 unspecified atom stereocenters. The van der Waals surface area contributed by atoms with Crippen molar-refractivity contribution in [2.24, 2.45) is 0 Å². The zero-order chi connectivity index (χ0) is 21.3. The van der Waals surface area contributed by atoms with E-state index in [0.717, 1.165) is 31.1 Å². The van der Waals surface area contributed by atoms with Gasteiger partial charge >= 0.3 is 6.18 Å². The van der Waals surface area contributed by atoms with E-state index in [1.807, 2.05) is 7.05 Å². The lowest BCUT2D eigenvalue weighted by Crippen LogP contribution is -2.25. The molecule has 3 rings (SSSR count). The Kier molecular flexibility index (Phi) is 8.41. The summed E-state index contributed by atoms with van der Waals surface area (Å²) in [6.07, 6.45) is -1.46. The number of likely N-dealkylation sites (tertiary alicyclic amines) is 1. The first-order chi connectivity index (χ1) is 13.8. The lowest BCUT2D eigenvalue weighted by atomic mass is 10.2. The monoisotopic (exact) mass is 411 g/mol. The molecule has 2 heterocycles. The Balaban J connectivity index is 0.000000221. The molecule has 2 aromatic rings. The van der Waals surface area contributed by atoms with E-state index < -0.39 is 11.7 Å². The van der Waals surface area contributed by atoms with Crippen molar-refractivity contribution in [1.29, 1.82) is 0 Å². The highest BCUT2D eigenvalue weighted by Crippen LogP contribution is 2.34. The number of halogens is 3. The maximum absolute atomic E-state index is 12.7. The van der Waals surface area contributed by atoms with Gasteiger partial charge in [0.1, 0.15) is 18.2 Å². The average molecular weight is 411 g/mol. The van der Waals surface area contributed by atoms with Gasteiger partial charge in [0.05, 0.1) is 12.2 Å². The molecule has 29 heavy (non-hydrogen) atoms. The summed E-state index contributed by atoms with van der Waals surface area (Å²) in [5.74, 6) is 0.569. The number of likely N-dealkylation sites (N-methyl/N-ethyl adjacent to an activating group) is 1. The molecule has 2 N–H and O–H groups in total. The minimum atomic E-state index is -4.36. The first-order valence-corrected chi connectivity index (χ1v) is 9.07. The SMILES string of the molecule is CN1CCC(Nc2ncccc2C(F)(F)F)C1.O=CCOc1ccc(CO)cc1. The van der Waals surface area contributed by atoms with Crippen molar-refractivity contribution in [3.8, 4) is 5.75 Å². The largest absolute Gasteiger partial charge is 0.486 e. The van der Waals surface area contributed by atoms with Crippen molar-refractivity contribution in [3.63, 3.8) is 0 Å². The number of rotatable bonds is 6. The zero-order valence-electron chi connectivity index (χ0n) is 16.0. The fourth-order valence-corrected chi connectivity index (χ4v) is 2.82. The van der Waals surface area contributed by atoms with Crippen molar-refractivity contribution >= 4 is 12.1 Å². The summed E-state index contributed by atoms with van der Waals surface area (Å²) in [6, 6.07) is 9.32. The van der Waals surface area contributed by atoms with E-state index >= 15 is 0 Å². The second-order valence-corrected chi connectivity index (χ2v) is 6.57. The van der Waals surface area contributed by atoms with Gasteiger partial charge in [0.2, 0.25) is 0 Å². The summed E-state index contributed by atoms with van der Waals surface area (Å²) >= 11 is 0. The average Bonchev–Trinajstić information content (AvgIpc) is 3.11. The van der Waals surface area contributed by atoms with Gasteiger partial charge in [0.25, 0.3) is 0 Å². The van der Waals surface area contributed by atoms with Crippen molar-refractivity contribution in [3.05, 3.63) is 53.7 Å². The van der Waals surface area contributed by atoms with E-state index in [9.17, 15) is 18.0 Å². The molecule has 1 fully saturated rings. The molecular formula is C20H24F3N3O3. The number of aliphatic hydroxyl groups is 1. The minimum absolute atomic E-state index is 0.0218. The van der Waals surface area contributed by atoms with Crippen LogP contribution in [-0.4, -0.2) is 54.1 Å². The van der Waals surface area contributed by atoms with Crippen LogP contribution in [0.15, 0.2) is 42.6 Å². The molecule has 1 atom stereocenters. The van der Waals surface area contributed by atoms with Gasteiger partial charge in [-0.3, -0.25) is 4.79 Å². The van der Waals surface area contributed by atoms with Crippen LogP contribution in [0.2, 0.25) is 0 Å². The second-order valence-electron chi connectivity index (χ2n) is 6.57. The van der Waals surface area contributed by atoms with Gasteiger partial charge in [0, 0.05) is 18.8 Å². The number of aliphatic hydroxyl groups excluding tert-OH is 1. The number of nitrogens with one attached hydrogen (secondary N) is 1. The summed E-state index contributed by atoms with van der Waals surface area (Å²) in [5.41, 5.74) is 0.128. The number of ether oxygens (including phenoxy) is 1. The van der Waals surface area contributed by atoms with Gasteiger partial charge in [-0.2, -0.15) is 13.2 Å². The maximum atomic E-state index is 12.7. The molecule has 1 aromatic heterocycles. The lowest BCUT2D eigenvalue weighted by molar-refractivity contribution is -0.137. The predicted molar refractivity (Wildman–Crippen MR) is 103 cm³/mol. The first kappa shape index (κ1) is 22.6.